The molecule has 1 nitrogen and oxygen atoms in total. The predicted octanol–water partition coefficient (Wildman–Crippen LogP) is 11.0. The molecule has 0 saturated carbocycles. The Morgan fingerprint density at radius 3 is 2.02 bits per heavy atom. The van der Waals surface area contributed by atoms with E-state index in [9.17, 15) is 0 Å². The molecule has 2 aliphatic rings. The summed E-state index contributed by atoms with van der Waals surface area (Å²) in [7, 11) is 0. The van der Waals surface area contributed by atoms with E-state index in [0.29, 0.717) is 5.92 Å². The number of thiophene rings is 1. The number of fused-ring (bicyclic) bond motifs is 8. The van der Waals surface area contributed by atoms with Crippen LogP contribution in [-0.2, 0) is 0 Å². The summed E-state index contributed by atoms with van der Waals surface area (Å²) < 4.78 is 1.31. The van der Waals surface area contributed by atoms with Crippen molar-refractivity contribution in [3.05, 3.63) is 138 Å². The SMILES string of the molecule is C1=CC2=Nc3c(sc4ccc(-c5c6ccccc6c(-c6cccc7ccccc67)c6ccccc56)cc34)C2C=C1. The predicted molar refractivity (Wildman–Crippen MR) is 173 cm³/mol. The summed E-state index contributed by atoms with van der Waals surface area (Å²) in [5.41, 5.74) is 7.43. The molecule has 9 rings (SSSR count). The molecule has 40 heavy (non-hydrogen) atoms. The minimum absolute atomic E-state index is 0.294. The van der Waals surface area contributed by atoms with Crippen molar-refractivity contribution in [1.29, 1.82) is 0 Å². The Bertz CT molecular complexity index is 2220. The molecule has 0 bridgehead atoms. The number of benzene rings is 6. The normalized spacial score (nSPS) is 15.7. The second-order valence-electron chi connectivity index (χ2n) is 10.7. The second kappa shape index (κ2) is 8.35. The molecular weight excluding hydrogens is 502 g/mol. The summed E-state index contributed by atoms with van der Waals surface area (Å²) in [6.07, 6.45) is 8.66. The quantitative estimate of drug-likeness (QED) is 0.199. The molecule has 1 atom stereocenters. The average Bonchev–Trinajstić information content (AvgIpc) is 3.55. The molecule has 0 radical (unpaired) electrons. The Kier molecular flexibility index (Phi) is 4.61. The van der Waals surface area contributed by atoms with Crippen LogP contribution in [0.25, 0.3) is 64.7 Å². The van der Waals surface area contributed by atoms with E-state index in [-0.39, 0.29) is 0 Å². The lowest BCUT2D eigenvalue weighted by Gasteiger charge is -2.19. The van der Waals surface area contributed by atoms with E-state index in [4.69, 9.17) is 4.99 Å². The minimum Gasteiger partial charge on any atom is -0.251 e. The third-order valence-electron chi connectivity index (χ3n) is 8.49. The van der Waals surface area contributed by atoms with E-state index in [0.717, 1.165) is 11.4 Å². The first-order chi connectivity index (χ1) is 19.8. The van der Waals surface area contributed by atoms with Gasteiger partial charge in [0.25, 0.3) is 0 Å². The lowest BCUT2D eigenvalue weighted by Crippen LogP contribution is -2.03. The maximum Gasteiger partial charge on any atom is 0.0861 e. The highest BCUT2D eigenvalue weighted by atomic mass is 32.1. The van der Waals surface area contributed by atoms with Crippen LogP contribution in [0.4, 0.5) is 5.69 Å². The molecule has 0 N–H and O–H groups in total. The zero-order valence-corrected chi connectivity index (χ0v) is 22.5. The number of allylic oxidation sites excluding steroid dienone is 4. The van der Waals surface area contributed by atoms with Crippen LogP contribution >= 0.6 is 11.3 Å². The molecule has 0 amide bonds. The second-order valence-corrected chi connectivity index (χ2v) is 11.7. The number of nitrogens with zero attached hydrogens (tertiary/aromatic N) is 1. The van der Waals surface area contributed by atoms with Gasteiger partial charge in [-0.25, -0.2) is 0 Å². The first-order valence-corrected chi connectivity index (χ1v) is 14.6. The summed E-state index contributed by atoms with van der Waals surface area (Å²) >= 11 is 1.88. The van der Waals surface area contributed by atoms with E-state index >= 15 is 0 Å². The minimum atomic E-state index is 0.294. The van der Waals surface area contributed by atoms with E-state index < -0.39 is 0 Å². The van der Waals surface area contributed by atoms with Gasteiger partial charge in [-0.15, -0.1) is 11.3 Å². The molecule has 186 valence electrons. The fourth-order valence-corrected chi connectivity index (χ4v) is 7.96. The van der Waals surface area contributed by atoms with Gasteiger partial charge in [0, 0.05) is 15.0 Å². The smallest absolute Gasteiger partial charge is 0.0861 e. The third kappa shape index (κ3) is 3.05. The standard InChI is InChI=1S/C38H23NS/c1-2-12-25-23(10-1)11-9-18-26(25)36-29-15-5-3-13-27(29)35(28-14-4-6-16-30(28)36)24-20-21-34-32(22-24)37-38(40-34)31-17-7-8-19-33(31)39-37/h1-22,31H. The molecule has 7 aromatic rings. The molecule has 0 spiro atoms. The number of aliphatic imine (C=N–C) groups is 1. The van der Waals surface area contributed by atoms with Gasteiger partial charge in [0.05, 0.1) is 17.3 Å². The van der Waals surface area contributed by atoms with Crippen LogP contribution in [-0.4, -0.2) is 5.71 Å². The van der Waals surface area contributed by atoms with Crippen LogP contribution < -0.4 is 0 Å². The van der Waals surface area contributed by atoms with Crippen molar-refractivity contribution in [2.24, 2.45) is 4.99 Å². The van der Waals surface area contributed by atoms with Gasteiger partial charge in [-0.2, -0.15) is 0 Å². The van der Waals surface area contributed by atoms with E-state index in [1.807, 2.05) is 11.3 Å². The van der Waals surface area contributed by atoms with Crippen molar-refractivity contribution in [3.63, 3.8) is 0 Å². The maximum atomic E-state index is 5.09. The molecule has 0 saturated heterocycles. The van der Waals surface area contributed by atoms with E-state index in [2.05, 4.69) is 133 Å². The molecule has 2 heterocycles. The summed E-state index contributed by atoms with van der Waals surface area (Å²) in [6.45, 7) is 0. The van der Waals surface area contributed by atoms with E-state index in [1.165, 1.54) is 69.5 Å². The van der Waals surface area contributed by atoms with Crippen LogP contribution in [0.5, 0.6) is 0 Å². The lowest BCUT2D eigenvalue weighted by atomic mass is 9.84. The molecule has 1 aromatic heterocycles. The van der Waals surface area contributed by atoms with Gasteiger partial charge in [0.1, 0.15) is 0 Å². The van der Waals surface area contributed by atoms with Crippen LogP contribution in [0.1, 0.15) is 10.8 Å². The van der Waals surface area contributed by atoms with Crippen molar-refractivity contribution in [3.8, 4) is 22.3 Å². The maximum absolute atomic E-state index is 5.09. The Hall–Kier alpha value is -4.79. The Morgan fingerprint density at radius 1 is 0.575 bits per heavy atom. The average molecular weight is 526 g/mol. The first kappa shape index (κ1) is 22.1. The number of rotatable bonds is 2. The molecule has 1 aliphatic carbocycles. The highest BCUT2D eigenvalue weighted by molar-refractivity contribution is 7.20. The molecular formula is C38H23NS. The van der Waals surface area contributed by atoms with Gasteiger partial charge in [0.2, 0.25) is 0 Å². The van der Waals surface area contributed by atoms with Crippen LogP contribution in [0.15, 0.2) is 138 Å². The molecule has 1 unspecified atom stereocenters. The zero-order chi connectivity index (χ0) is 26.2. The summed E-state index contributed by atoms with van der Waals surface area (Å²) in [5, 5.41) is 8.93. The van der Waals surface area contributed by atoms with Crippen LogP contribution in [0.2, 0.25) is 0 Å². The van der Waals surface area contributed by atoms with Gasteiger partial charge >= 0.3 is 0 Å². The topological polar surface area (TPSA) is 12.4 Å². The summed E-state index contributed by atoms with van der Waals surface area (Å²) in [4.78, 5) is 6.46. The molecule has 1 aliphatic heterocycles. The molecule has 6 aromatic carbocycles. The largest absolute Gasteiger partial charge is 0.251 e. The molecule has 0 fully saturated rings. The van der Waals surface area contributed by atoms with Crippen molar-refractivity contribution >= 4 is 65.1 Å². The Balaban J connectivity index is 1.37. The van der Waals surface area contributed by atoms with Gasteiger partial charge in [-0.05, 0) is 72.8 Å². The fourth-order valence-electron chi connectivity index (χ4n) is 6.75. The van der Waals surface area contributed by atoms with E-state index in [1.54, 1.807) is 0 Å². The molecule has 2 heteroatoms. The highest BCUT2D eigenvalue weighted by Gasteiger charge is 2.29. The monoisotopic (exact) mass is 525 g/mol. The first-order valence-electron chi connectivity index (χ1n) is 13.8. The van der Waals surface area contributed by atoms with Crippen LogP contribution in [0.3, 0.4) is 0 Å². The van der Waals surface area contributed by atoms with Crippen LogP contribution in [0, 0.1) is 0 Å². The Morgan fingerprint density at radius 2 is 1.25 bits per heavy atom. The number of hydrogen-bond donors (Lipinski definition) is 0. The van der Waals surface area contributed by atoms with Gasteiger partial charge in [0.15, 0.2) is 0 Å². The van der Waals surface area contributed by atoms with Crippen molar-refractivity contribution in [2.75, 3.05) is 0 Å². The van der Waals surface area contributed by atoms with Gasteiger partial charge < -0.3 is 0 Å². The van der Waals surface area contributed by atoms with Crippen molar-refractivity contribution in [2.45, 2.75) is 5.92 Å². The highest BCUT2D eigenvalue weighted by Crippen LogP contribution is 2.51. The Labute approximate surface area is 236 Å². The van der Waals surface area contributed by atoms with Crippen molar-refractivity contribution in [1.82, 2.24) is 0 Å². The summed E-state index contributed by atoms with van der Waals surface area (Å²) in [5.74, 6) is 0.294. The zero-order valence-electron chi connectivity index (χ0n) is 21.6. The van der Waals surface area contributed by atoms with Crippen molar-refractivity contribution < 1.29 is 0 Å². The van der Waals surface area contributed by atoms with Gasteiger partial charge in [-0.1, -0.05) is 115 Å². The fraction of sp³-hybridized carbons (Fsp3) is 0.0263. The number of hydrogen-bond acceptors (Lipinski definition) is 2. The van der Waals surface area contributed by atoms with Gasteiger partial charge in [-0.3, -0.25) is 4.99 Å². The summed E-state index contributed by atoms with van der Waals surface area (Å²) in [6, 6.07) is 40.2. The lowest BCUT2D eigenvalue weighted by molar-refractivity contribution is 1.23. The third-order valence-corrected chi connectivity index (χ3v) is 9.73.